The lowest BCUT2D eigenvalue weighted by atomic mass is 10.1. The molecule has 126 valence electrons. The number of carbonyl (C=O) groups is 1. The zero-order valence-corrected chi connectivity index (χ0v) is 14.0. The molecule has 0 spiro atoms. The molecule has 0 N–H and O–H groups in total. The summed E-state index contributed by atoms with van der Waals surface area (Å²) in [5.41, 5.74) is 1.73. The molecule has 1 aliphatic heterocycles. The molecule has 1 aromatic carbocycles. The summed E-state index contributed by atoms with van der Waals surface area (Å²) < 4.78 is 11.4. The third kappa shape index (κ3) is 4.11. The SMILES string of the molecule is CC1CN(C(=O)c2ccc(OCc3ccncc3)cc2)CC(C)O1. The number of ether oxygens (including phenoxy) is 2. The lowest BCUT2D eigenvalue weighted by Gasteiger charge is -2.35. The Balaban J connectivity index is 1.60. The van der Waals surface area contributed by atoms with Gasteiger partial charge in [0.15, 0.2) is 0 Å². The lowest BCUT2D eigenvalue weighted by molar-refractivity contribution is -0.0586. The molecule has 1 fully saturated rings. The number of morpholine rings is 1. The van der Waals surface area contributed by atoms with Crippen molar-refractivity contribution in [2.75, 3.05) is 13.1 Å². The first-order valence-electron chi connectivity index (χ1n) is 8.18. The van der Waals surface area contributed by atoms with Crippen LogP contribution in [0.1, 0.15) is 29.8 Å². The van der Waals surface area contributed by atoms with Gasteiger partial charge in [-0.15, -0.1) is 0 Å². The molecule has 2 heterocycles. The second-order valence-corrected chi connectivity index (χ2v) is 6.14. The number of amides is 1. The summed E-state index contributed by atoms with van der Waals surface area (Å²) >= 11 is 0. The average molecular weight is 326 g/mol. The Bertz CT molecular complexity index is 663. The Hall–Kier alpha value is -2.40. The standard InChI is InChI=1S/C19H22N2O3/c1-14-11-21(12-15(2)24-14)19(22)17-3-5-18(6-4-17)23-13-16-7-9-20-10-8-16/h3-10,14-15H,11-13H2,1-2H3. The van der Waals surface area contributed by atoms with Crippen molar-refractivity contribution in [2.24, 2.45) is 0 Å². The highest BCUT2D eigenvalue weighted by Crippen LogP contribution is 2.18. The minimum Gasteiger partial charge on any atom is -0.489 e. The van der Waals surface area contributed by atoms with Gasteiger partial charge in [0.25, 0.3) is 5.91 Å². The summed E-state index contributed by atoms with van der Waals surface area (Å²) in [6.45, 7) is 5.72. The Labute approximate surface area is 142 Å². The molecular formula is C19H22N2O3. The smallest absolute Gasteiger partial charge is 0.254 e. The quantitative estimate of drug-likeness (QED) is 0.867. The Morgan fingerprint density at radius 3 is 2.38 bits per heavy atom. The van der Waals surface area contributed by atoms with E-state index in [4.69, 9.17) is 9.47 Å². The molecule has 1 saturated heterocycles. The van der Waals surface area contributed by atoms with Gasteiger partial charge in [-0.1, -0.05) is 0 Å². The summed E-state index contributed by atoms with van der Waals surface area (Å²) in [5.74, 6) is 0.782. The zero-order valence-electron chi connectivity index (χ0n) is 14.0. The van der Waals surface area contributed by atoms with Crippen LogP contribution < -0.4 is 4.74 Å². The Kier molecular flexibility index (Phi) is 5.11. The summed E-state index contributed by atoms with van der Waals surface area (Å²) in [5, 5.41) is 0. The molecule has 1 aromatic heterocycles. The molecule has 0 aliphatic carbocycles. The van der Waals surface area contributed by atoms with E-state index in [9.17, 15) is 4.79 Å². The maximum Gasteiger partial charge on any atom is 0.254 e. The van der Waals surface area contributed by atoms with Gasteiger partial charge in [0.2, 0.25) is 0 Å². The normalized spacial score (nSPS) is 20.7. The molecule has 1 aliphatic rings. The highest BCUT2D eigenvalue weighted by atomic mass is 16.5. The highest BCUT2D eigenvalue weighted by molar-refractivity contribution is 5.94. The van der Waals surface area contributed by atoms with Crippen LogP contribution in [-0.2, 0) is 11.3 Å². The van der Waals surface area contributed by atoms with E-state index < -0.39 is 0 Å². The van der Waals surface area contributed by atoms with E-state index >= 15 is 0 Å². The maximum atomic E-state index is 12.6. The van der Waals surface area contributed by atoms with Gasteiger partial charge >= 0.3 is 0 Å². The van der Waals surface area contributed by atoms with Crippen LogP contribution in [0.5, 0.6) is 5.75 Å². The summed E-state index contributed by atoms with van der Waals surface area (Å²) in [6, 6.07) is 11.1. The summed E-state index contributed by atoms with van der Waals surface area (Å²) in [7, 11) is 0. The molecule has 0 radical (unpaired) electrons. The van der Waals surface area contributed by atoms with Crippen molar-refractivity contribution in [3.8, 4) is 5.75 Å². The molecule has 24 heavy (non-hydrogen) atoms. The van der Waals surface area contributed by atoms with E-state index in [1.807, 2.05) is 55.1 Å². The minimum absolute atomic E-state index is 0.0395. The fourth-order valence-corrected chi connectivity index (χ4v) is 2.87. The second kappa shape index (κ2) is 7.45. The monoisotopic (exact) mass is 326 g/mol. The van der Waals surface area contributed by atoms with Crippen molar-refractivity contribution in [3.63, 3.8) is 0 Å². The van der Waals surface area contributed by atoms with Crippen LogP contribution in [0.15, 0.2) is 48.8 Å². The number of rotatable bonds is 4. The predicted molar refractivity (Wildman–Crippen MR) is 90.9 cm³/mol. The fourth-order valence-electron chi connectivity index (χ4n) is 2.87. The Morgan fingerprint density at radius 2 is 1.75 bits per heavy atom. The van der Waals surface area contributed by atoms with Crippen molar-refractivity contribution in [2.45, 2.75) is 32.7 Å². The van der Waals surface area contributed by atoms with Gasteiger partial charge in [-0.2, -0.15) is 0 Å². The van der Waals surface area contributed by atoms with Crippen LogP contribution in [0, 0.1) is 0 Å². The van der Waals surface area contributed by atoms with E-state index in [1.165, 1.54) is 0 Å². The van der Waals surface area contributed by atoms with E-state index in [2.05, 4.69) is 4.98 Å². The molecule has 2 atom stereocenters. The third-order valence-corrected chi connectivity index (χ3v) is 3.96. The van der Waals surface area contributed by atoms with Crippen LogP contribution in [0.25, 0.3) is 0 Å². The largest absolute Gasteiger partial charge is 0.489 e. The second-order valence-electron chi connectivity index (χ2n) is 6.14. The van der Waals surface area contributed by atoms with Gasteiger partial charge in [-0.25, -0.2) is 0 Å². The van der Waals surface area contributed by atoms with Gasteiger partial charge in [0.1, 0.15) is 12.4 Å². The van der Waals surface area contributed by atoms with Gasteiger partial charge in [-0.3, -0.25) is 9.78 Å². The van der Waals surface area contributed by atoms with Crippen LogP contribution in [-0.4, -0.2) is 41.1 Å². The number of hydrogen-bond acceptors (Lipinski definition) is 4. The third-order valence-electron chi connectivity index (χ3n) is 3.96. The minimum atomic E-state index is 0.0395. The lowest BCUT2D eigenvalue weighted by Crippen LogP contribution is -2.48. The molecule has 0 saturated carbocycles. The number of aromatic nitrogens is 1. The van der Waals surface area contributed by atoms with E-state index in [1.54, 1.807) is 12.4 Å². The topological polar surface area (TPSA) is 51.7 Å². The average Bonchev–Trinajstić information content (AvgIpc) is 2.60. The molecule has 5 heteroatoms. The molecule has 2 aromatic rings. The van der Waals surface area contributed by atoms with Crippen molar-refractivity contribution < 1.29 is 14.3 Å². The van der Waals surface area contributed by atoms with Crippen molar-refractivity contribution in [1.29, 1.82) is 0 Å². The molecule has 5 nitrogen and oxygen atoms in total. The first-order chi connectivity index (χ1) is 11.6. The van der Waals surface area contributed by atoms with Gasteiger partial charge < -0.3 is 14.4 Å². The van der Waals surface area contributed by atoms with Crippen LogP contribution in [0.3, 0.4) is 0 Å². The van der Waals surface area contributed by atoms with Gasteiger partial charge in [-0.05, 0) is 55.8 Å². The number of nitrogens with zero attached hydrogens (tertiary/aromatic N) is 2. The van der Waals surface area contributed by atoms with Crippen LogP contribution in [0.4, 0.5) is 0 Å². The molecule has 0 bridgehead atoms. The maximum absolute atomic E-state index is 12.6. The summed E-state index contributed by atoms with van der Waals surface area (Å²) in [6.07, 6.45) is 3.62. The van der Waals surface area contributed by atoms with Crippen molar-refractivity contribution >= 4 is 5.91 Å². The highest BCUT2D eigenvalue weighted by Gasteiger charge is 2.26. The van der Waals surface area contributed by atoms with Gasteiger partial charge in [0, 0.05) is 31.0 Å². The van der Waals surface area contributed by atoms with Gasteiger partial charge in [0.05, 0.1) is 12.2 Å². The molecule has 3 rings (SSSR count). The fraction of sp³-hybridized carbons (Fsp3) is 0.368. The summed E-state index contributed by atoms with van der Waals surface area (Å²) in [4.78, 5) is 18.4. The van der Waals surface area contributed by atoms with E-state index in [0.29, 0.717) is 25.3 Å². The Morgan fingerprint density at radius 1 is 1.12 bits per heavy atom. The van der Waals surface area contributed by atoms with E-state index in [-0.39, 0.29) is 18.1 Å². The first kappa shape index (κ1) is 16.5. The zero-order chi connectivity index (χ0) is 16.9. The molecular weight excluding hydrogens is 304 g/mol. The first-order valence-corrected chi connectivity index (χ1v) is 8.18. The van der Waals surface area contributed by atoms with Crippen LogP contribution >= 0.6 is 0 Å². The van der Waals surface area contributed by atoms with Crippen LogP contribution in [0.2, 0.25) is 0 Å². The predicted octanol–water partition coefficient (Wildman–Crippen LogP) is 2.91. The number of pyridine rings is 1. The number of benzene rings is 1. The van der Waals surface area contributed by atoms with E-state index in [0.717, 1.165) is 11.3 Å². The molecule has 1 amide bonds. The number of hydrogen-bond donors (Lipinski definition) is 0. The van der Waals surface area contributed by atoms with Crippen molar-refractivity contribution in [1.82, 2.24) is 9.88 Å². The van der Waals surface area contributed by atoms with Crippen molar-refractivity contribution in [3.05, 3.63) is 59.9 Å². The molecule has 2 unspecified atom stereocenters. The number of carbonyl (C=O) groups excluding carboxylic acids is 1.